The quantitative estimate of drug-likeness (QED) is 0.876. The Kier molecular flexibility index (Phi) is 4.30. The zero-order chi connectivity index (χ0) is 12.9. The second-order valence-corrected chi connectivity index (χ2v) is 5.27. The van der Waals surface area contributed by atoms with Gasteiger partial charge in [-0.1, -0.05) is 6.42 Å². The van der Waals surface area contributed by atoms with E-state index in [0.29, 0.717) is 6.04 Å². The monoisotopic (exact) mass is 266 g/mol. The third kappa shape index (κ3) is 3.45. The molecule has 2 fully saturated rings. The molecule has 0 aromatic carbocycles. The normalized spacial score (nSPS) is 24.6. The second kappa shape index (κ2) is 6.34. The van der Waals surface area contributed by atoms with Gasteiger partial charge in [-0.2, -0.15) is 4.98 Å². The van der Waals surface area contributed by atoms with Crippen LogP contribution in [0.5, 0.6) is 0 Å². The highest BCUT2D eigenvalue weighted by molar-refractivity contribution is 5.27. The number of nitrogens with zero attached hydrogens (tertiary/aromatic N) is 3. The lowest BCUT2D eigenvalue weighted by Gasteiger charge is -2.24. The maximum Gasteiger partial charge on any atom is 0.266 e. The molecule has 1 atom stereocenters. The molecule has 0 saturated carbocycles. The summed E-state index contributed by atoms with van der Waals surface area (Å²) in [6.45, 7) is 4.34. The molecule has 6 heteroatoms. The van der Waals surface area contributed by atoms with E-state index in [2.05, 4.69) is 20.4 Å². The Bertz CT molecular complexity index is 384. The number of hydrogen-bond acceptors (Lipinski definition) is 6. The molecule has 6 nitrogen and oxygen atoms in total. The Morgan fingerprint density at radius 3 is 2.95 bits per heavy atom. The van der Waals surface area contributed by atoms with Gasteiger partial charge in [0.05, 0.1) is 13.2 Å². The lowest BCUT2D eigenvalue weighted by Crippen LogP contribution is -2.36. The van der Waals surface area contributed by atoms with Crippen molar-refractivity contribution in [1.29, 1.82) is 0 Å². The summed E-state index contributed by atoms with van der Waals surface area (Å²) >= 11 is 0. The highest BCUT2D eigenvalue weighted by atomic mass is 16.5. The fraction of sp³-hybridized carbons (Fsp3) is 0.846. The van der Waals surface area contributed by atoms with E-state index in [1.165, 1.54) is 19.3 Å². The average Bonchev–Trinajstić information content (AvgIpc) is 2.96. The minimum atomic E-state index is 0.618. The molecule has 1 N–H and O–H groups in total. The number of nitrogens with one attached hydrogen (secondary N) is 1. The van der Waals surface area contributed by atoms with Gasteiger partial charge in [-0.05, 0) is 31.0 Å². The Hall–Kier alpha value is -1.14. The predicted octanol–water partition coefficient (Wildman–Crippen LogP) is 0.981. The summed E-state index contributed by atoms with van der Waals surface area (Å²) in [6, 6.07) is 0.618. The fourth-order valence-corrected chi connectivity index (χ4v) is 2.71. The van der Waals surface area contributed by atoms with Crippen molar-refractivity contribution in [3.63, 3.8) is 0 Å². The summed E-state index contributed by atoms with van der Waals surface area (Å²) in [5.74, 6) is 1.48. The first kappa shape index (κ1) is 12.9. The van der Waals surface area contributed by atoms with E-state index >= 15 is 0 Å². The van der Waals surface area contributed by atoms with Crippen LogP contribution in [-0.2, 0) is 11.2 Å². The zero-order valence-corrected chi connectivity index (χ0v) is 11.3. The van der Waals surface area contributed by atoms with Crippen molar-refractivity contribution < 1.29 is 9.26 Å². The number of aromatic nitrogens is 2. The molecule has 0 amide bonds. The standard InChI is InChI=1S/C13H22N4O2/c1-2-6-14-11(3-1)4-5-12-15-13(16-19-12)17-7-9-18-10-8-17/h11,14H,1-10H2. The molecule has 0 radical (unpaired) electrons. The van der Waals surface area contributed by atoms with E-state index in [4.69, 9.17) is 9.26 Å². The number of hydrogen-bond donors (Lipinski definition) is 1. The summed E-state index contributed by atoms with van der Waals surface area (Å²) in [7, 11) is 0. The van der Waals surface area contributed by atoms with Crippen LogP contribution < -0.4 is 10.2 Å². The molecule has 106 valence electrons. The van der Waals surface area contributed by atoms with E-state index in [1.807, 2.05) is 0 Å². The molecule has 19 heavy (non-hydrogen) atoms. The average molecular weight is 266 g/mol. The van der Waals surface area contributed by atoms with Gasteiger partial charge in [-0.25, -0.2) is 0 Å². The van der Waals surface area contributed by atoms with Crippen LogP contribution >= 0.6 is 0 Å². The van der Waals surface area contributed by atoms with Gasteiger partial charge in [0.15, 0.2) is 0 Å². The first-order chi connectivity index (χ1) is 9.42. The van der Waals surface area contributed by atoms with Gasteiger partial charge in [0, 0.05) is 25.6 Å². The Morgan fingerprint density at radius 1 is 1.26 bits per heavy atom. The summed E-state index contributed by atoms with van der Waals surface area (Å²) < 4.78 is 10.7. The number of aryl methyl sites for hydroxylation is 1. The van der Waals surface area contributed by atoms with Crippen molar-refractivity contribution in [3.8, 4) is 0 Å². The summed E-state index contributed by atoms with van der Waals surface area (Å²) in [5.41, 5.74) is 0. The van der Waals surface area contributed by atoms with Crippen LogP contribution in [0, 0.1) is 0 Å². The molecule has 3 heterocycles. The number of anilines is 1. The van der Waals surface area contributed by atoms with Crippen LogP contribution in [0.25, 0.3) is 0 Å². The summed E-state index contributed by atoms with van der Waals surface area (Å²) in [5, 5.41) is 7.61. The molecule has 1 unspecified atom stereocenters. The van der Waals surface area contributed by atoms with Crippen molar-refractivity contribution in [3.05, 3.63) is 5.89 Å². The van der Waals surface area contributed by atoms with E-state index in [1.54, 1.807) is 0 Å². The smallest absolute Gasteiger partial charge is 0.266 e. The van der Waals surface area contributed by atoms with Crippen molar-refractivity contribution in [2.75, 3.05) is 37.7 Å². The molecule has 0 bridgehead atoms. The molecule has 0 aliphatic carbocycles. The lowest BCUT2D eigenvalue weighted by atomic mass is 10.0. The Morgan fingerprint density at radius 2 is 2.16 bits per heavy atom. The van der Waals surface area contributed by atoms with Crippen LogP contribution in [0.3, 0.4) is 0 Å². The fourth-order valence-electron chi connectivity index (χ4n) is 2.71. The first-order valence-electron chi connectivity index (χ1n) is 7.30. The van der Waals surface area contributed by atoms with E-state index in [-0.39, 0.29) is 0 Å². The molecule has 1 aromatic heterocycles. The molecule has 3 rings (SSSR count). The SMILES string of the molecule is C1CCC(CCc2nc(N3CCOCC3)no2)NC1. The predicted molar refractivity (Wildman–Crippen MR) is 71.3 cm³/mol. The highest BCUT2D eigenvalue weighted by Crippen LogP contribution is 2.15. The van der Waals surface area contributed by atoms with Crippen molar-refractivity contribution in [2.24, 2.45) is 0 Å². The van der Waals surface area contributed by atoms with Gasteiger partial charge in [-0.3, -0.25) is 0 Å². The van der Waals surface area contributed by atoms with Gasteiger partial charge in [-0.15, -0.1) is 0 Å². The van der Waals surface area contributed by atoms with Gasteiger partial charge >= 0.3 is 0 Å². The van der Waals surface area contributed by atoms with Crippen LogP contribution in [0.15, 0.2) is 4.52 Å². The highest BCUT2D eigenvalue weighted by Gasteiger charge is 2.18. The van der Waals surface area contributed by atoms with Crippen LogP contribution in [0.4, 0.5) is 5.95 Å². The molecule has 2 aliphatic heterocycles. The van der Waals surface area contributed by atoms with Crippen LogP contribution in [-0.4, -0.2) is 49.0 Å². The van der Waals surface area contributed by atoms with Gasteiger partial charge in [0.2, 0.25) is 5.89 Å². The Labute approximate surface area is 113 Å². The number of ether oxygens (including phenoxy) is 1. The van der Waals surface area contributed by atoms with E-state index in [0.717, 1.165) is 57.5 Å². The summed E-state index contributed by atoms with van der Waals surface area (Å²) in [6.07, 6.45) is 5.86. The van der Waals surface area contributed by atoms with Gasteiger partial charge < -0.3 is 19.5 Å². The van der Waals surface area contributed by atoms with Crippen molar-refractivity contribution in [2.45, 2.75) is 38.1 Å². The van der Waals surface area contributed by atoms with Crippen molar-refractivity contribution in [1.82, 2.24) is 15.5 Å². The zero-order valence-electron chi connectivity index (χ0n) is 11.3. The van der Waals surface area contributed by atoms with E-state index in [9.17, 15) is 0 Å². The molecular weight excluding hydrogens is 244 g/mol. The first-order valence-corrected chi connectivity index (χ1v) is 7.30. The second-order valence-electron chi connectivity index (χ2n) is 5.27. The largest absolute Gasteiger partial charge is 0.378 e. The third-order valence-electron chi connectivity index (χ3n) is 3.87. The van der Waals surface area contributed by atoms with Crippen LogP contribution in [0.1, 0.15) is 31.6 Å². The molecule has 0 spiro atoms. The Balaban J connectivity index is 1.49. The lowest BCUT2D eigenvalue weighted by molar-refractivity contribution is 0.121. The molecule has 2 saturated heterocycles. The minimum absolute atomic E-state index is 0.618. The maximum atomic E-state index is 5.34. The van der Waals surface area contributed by atoms with Crippen molar-refractivity contribution >= 4 is 5.95 Å². The summed E-state index contributed by atoms with van der Waals surface area (Å²) in [4.78, 5) is 6.60. The van der Waals surface area contributed by atoms with Gasteiger partial charge in [0.25, 0.3) is 5.95 Å². The molecule has 1 aromatic rings. The number of piperidine rings is 1. The number of rotatable bonds is 4. The third-order valence-corrected chi connectivity index (χ3v) is 3.87. The maximum absolute atomic E-state index is 5.34. The van der Waals surface area contributed by atoms with E-state index < -0.39 is 0 Å². The van der Waals surface area contributed by atoms with Gasteiger partial charge in [0.1, 0.15) is 0 Å². The topological polar surface area (TPSA) is 63.4 Å². The van der Waals surface area contributed by atoms with Crippen LogP contribution in [0.2, 0.25) is 0 Å². The molecule has 2 aliphatic rings. The number of morpholine rings is 1. The minimum Gasteiger partial charge on any atom is -0.378 e. The molecular formula is C13H22N4O2.